The number of fused-ring (bicyclic) bond motifs is 3. The van der Waals surface area contributed by atoms with Crippen LogP contribution in [0.15, 0.2) is 106 Å². The number of carbonyl (C=O) groups excluding carboxylic acids is 2. The van der Waals surface area contributed by atoms with E-state index in [4.69, 9.17) is 9.98 Å². The van der Waals surface area contributed by atoms with Gasteiger partial charge in [0, 0.05) is 97.6 Å². The summed E-state index contributed by atoms with van der Waals surface area (Å²) >= 11 is 0. The summed E-state index contributed by atoms with van der Waals surface area (Å²) < 4.78 is 0. The van der Waals surface area contributed by atoms with E-state index >= 15 is 0 Å². The molecule has 7 heteroatoms. The lowest BCUT2D eigenvalue weighted by Crippen LogP contribution is -2.36. The van der Waals surface area contributed by atoms with Crippen LogP contribution >= 0.6 is 0 Å². The van der Waals surface area contributed by atoms with Gasteiger partial charge in [0.25, 0.3) is 0 Å². The van der Waals surface area contributed by atoms with E-state index in [1.807, 2.05) is 26.1 Å². The minimum Gasteiger partial charge on any atom is -0.512 e. The van der Waals surface area contributed by atoms with Crippen LogP contribution in [-0.2, 0) is 9.59 Å². The zero-order valence-corrected chi connectivity index (χ0v) is 33.4. The molecular formula is C47H56N4O3. The lowest BCUT2D eigenvalue weighted by atomic mass is 9.63. The number of nitrogens with zero attached hydrogens (tertiary/aromatic N) is 4. The Morgan fingerprint density at radius 3 is 1.93 bits per heavy atom. The lowest BCUT2D eigenvalue weighted by Gasteiger charge is -2.41. The summed E-state index contributed by atoms with van der Waals surface area (Å²) in [6, 6.07) is 21.3. The van der Waals surface area contributed by atoms with Gasteiger partial charge in [0.05, 0.1) is 11.4 Å². The smallest absolute Gasteiger partial charge is 0.163 e. The Bertz CT molecular complexity index is 2080. The van der Waals surface area contributed by atoms with E-state index in [2.05, 4.69) is 112 Å². The molecule has 7 rings (SSSR count). The zero-order chi connectivity index (χ0) is 38.5. The molecule has 1 aromatic heterocycles. The van der Waals surface area contributed by atoms with Gasteiger partial charge in [-0.15, -0.1) is 0 Å². The lowest BCUT2D eigenvalue weighted by molar-refractivity contribution is -0.119. The number of hydrogen-bond acceptors (Lipinski definition) is 7. The highest BCUT2D eigenvalue weighted by Crippen LogP contribution is 2.54. The molecule has 1 N–H and O–H groups in total. The first-order valence-electron chi connectivity index (χ1n) is 20.0. The van der Waals surface area contributed by atoms with Gasteiger partial charge >= 0.3 is 0 Å². The molecule has 54 heavy (non-hydrogen) atoms. The van der Waals surface area contributed by atoms with Gasteiger partial charge in [-0.05, 0) is 97.5 Å². The van der Waals surface area contributed by atoms with Gasteiger partial charge in [-0.2, -0.15) is 0 Å². The van der Waals surface area contributed by atoms with Crippen molar-refractivity contribution in [2.75, 3.05) is 36.0 Å². The molecular weight excluding hydrogens is 669 g/mol. The third kappa shape index (κ3) is 6.75. The number of anilines is 2. The number of rotatable bonds is 10. The number of aliphatic imine (C=N–C) groups is 1. The molecule has 1 aliphatic heterocycles. The van der Waals surface area contributed by atoms with Gasteiger partial charge in [-0.3, -0.25) is 19.6 Å². The standard InChI is InChI=1S/C47H56N4O3/c1-9-50(10-2)31-19-15-29(16-20-31)40(43-38(53)27-47(7,8)28-39(43)54)34-24-35-41(30-17-21-32(22-18-30)51(11-3)12-4)42-36(25-46(5,6)26-37(42)52)49-45(35)44-33(34)14-13-23-48-44/h13-24,34,40-41,53H,9-12,25-28H2,1-8H3. The number of benzene rings is 2. The highest BCUT2D eigenvalue weighted by Gasteiger charge is 2.47. The molecule has 0 spiro atoms. The zero-order valence-electron chi connectivity index (χ0n) is 33.4. The van der Waals surface area contributed by atoms with E-state index in [1.165, 1.54) is 0 Å². The summed E-state index contributed by atoms with van der Waals surface area (Å²) in [4.78, 5) is 43.6. The van der Waals surface area contributed by atoms with Gasteiger partial charge in [0.1, 0.15) is 5.76 Å². The molecule has 3 aromatic rings. The van der Waals surface area contributed by atoms with Crippen molar-refractivity contribution in [1.29, 1.82) is 0 Å². The minimum atomic E-state index is -0.474. The van der Waals surface area contributed by atoms with Crippen molar-refractivity contribution in [3.8, 4) is 0 Å². The van der Waals surface area contributed by atoms with Gasteiger partial charge in [0.15, 0.2) is 11.6 Å². The van der Waals surface area contributed by atoms with Crippen molar-refractivity contribution in [1.82, 2.24) is 4.98 Å². The summed E-state index contributed by atoms with van der Waals surface area (Å²) in [5, 5.41) is 11.9. The molecule has 282 valence electrons. The Morgan fingerprint density at radius 1 is 0.759 bits per heavy atom. The average Bonchev–Trinajstić information content (AvgIpc) is 3.13. The van der Waals surface area contributed by atoms with Crippen molar-refractivity contribution >= 4 is 28.7 Å². The fraction of sp³-hybridized carbons (Fsp3) is 0.447. The Hall–Kier alpha value is -4.78. The maximum atomic E-state index is 14.3. The number of pyridine rings is 1. The van der Waals surface area contributed by atoms with Crippen molar-refractivity contribution in [2.24, 2.45) is 15.8 Å². The Balaban J connectivity index is 1.47. The second-order valence-electron chi connectivity index (χ2n) is 17.1. The molecule has 0 radical (unpaired) electrons. The van der Waals surface area contributed by atoms with Crippen molar-refractivity contribution in [2.45, 2.75) is 98.8 Å². The van der Waals surface area contributed by atoms with E-state index in [9.17, 15) is 14.7 Å². The maximum Gasteiger partial charge on any atom is 0.163 e. The summed E-state index contributed by atoms with van der Waals surface area (Å²) in [5.41, 5.74) is 9.33. The second kappa shape index (κ2) is 14.5. The number of carbonyl (C=O) groups is 2. The quantitative estimate of drug-likeness (QED) is 0.224. The molecule has 0 bridgehead atoms. The average molecular weight is 725 g/mol. The Labute approximate surface area is 321 Å². The monoisotopic (exact) mass is 724 g/mol. The molecule has 0 fully saturated rings. The van der Waals surface area contributed by atoms with E-state index in [-0.39, 0.29) is 40.0 Å². The summed E-state index contributed by atoms with van der Waals surface area (Å²) in [6.07, 6.45) is 6.03. The van der Waals surface area contributed by atoms with Gasteiger partial charge < -0.3 is 14.9 Å². The van der Waals surface area contributed by atoms with E-state index in [1.54, 1.807) is 0 Å². The predicted molar refractivity (Wildman–Crippen MR) is 220 cm³/mol. The maximum absolute atomic E-state index is 14.3. The normalized spacial score (nSPS) is 22.1. The number of aromatic nitrogens is 1. The second-order valence-corrected chi connectivity index (χ2v) is 17.1. The Kier molecular flexibility index (Phi) is 10.1. The molecule has 0 saturated heterocycles. The van der Waals surface area contributed by atoms with Crippen LogP contribution in [0.25, 0.3) is 0 Å². The third-order valence-corrected chi connectivity index (χ3v) is 12.1. The molecule has 0 saturated carbocycles. The first-order valence-corrected chi connectivity index (χ1v) is 20.0. The highest BCUT2D eigenvalue weighted by atomic mass is 16.3. The summed E-state index contributed by atoms with van der Waals surface area (Å²) in [7, 11) is 0. The largest absolute Gasteiger partial charge is 0.512 e. The fourth-order valence-corrected chi connectivity index (χ4v) is 9.53. The van der Waals surface area contributed by atoms with E-state index in [0.717, 1.165) is 82.5 Å². The first kappa shape index (κ1) is 37.5. The molecule has 0 amide bonds. The highest BCUT2D eigenvalue weighted by molar-refractivity contribution is 6.18. The number of aliphatic hydroxyl groups is 1. The van der Waals surface area contributed by atoms with Crippen LogP contribution in [0.3, 0.4) is 0 Å². The number of allylic oxidation sites excluding steroid dienone is 6. The summed E-state index contributed by atoms with van der Waals surface area (Å²) in [5.74, 6) is -0.878. The van der Waals surface area contributed by atoms with Gasteiger partial charge in [-0.1, -0.05) is 64.1 Å². The minimum absolute atomic E-state index is 0.0215. The van der Waals surface area contributed by atoms with Crippen LogP contribution in [0.4, 0.5) is 11.4 Å². The first-order chi connectivity index (χ1) is 25.8. The van der Waals surface area contributed by atoms with Crippen molar-refractivity contribution < 1.29 is 14.7 Å². The van der Waals surface area contributed by atoms with Crippen molar-refractivity contribution in [3.05, 3.63) is 123 Å². The van der Waals surface area contributed by atoms with Crippen LogP contribution in [-0.4, -0.2) is 53.5 Å². The molecule has 3 atom stereocenters. The molecule has 3 aliphatic carbocycles. The van der Waals surface area contributed by atoms with Crippen LogP contribution in [0, 0.1) is 10.8 Å². The van der Waals surface area contributed by atoms with Crippen LogP contribution in [0.2, 0.25) is 0 Å². The summed E-state index contributed by atoms with van der Waals surface area (Å²) in [6.45, 7) is 20.6. The number of aliphatic hydroxyl groups excluding tert-OH is 1. The van der Waals surface area contributed by atoms with Crippen molar-refractivity contribution in [3.63, 3.8) is 0 Å². The van der Waals surface area contributed by atoms with Crippen LogP contribution < -0.4 is 9.80 Å². The SMILES string of the molecule is CCN(CC)c1ccc(C2C3=CC(C(C4=C(O)CC(C)(C)CC4=O)c4ccc(N(CC)CC)cc4)c4cccnc4C3=NC3=C2C(=O)CC(C)(C)C3)cc1. The molecule has 4 aliphatic rings. The van der Waals surface area contributed by atoms with Crippen LogP contribution in [0.5, 0.6) is 0 Å². The Morgan fingerprint density at radius 2 is 1.33 bits per heavy atom. The molecule has 2 aromatic carbocycles. The fourth-order valence-electron chi connectivity index (χ4n) is 9.53. The number of hydrogen-bond donors (Lipinski definition) is 1. The van der Waals surface area contributed by atoms with Gasteiger partial charge in [-0.25, -0.2) is 0 Å². The molecule has 2 heterocycles. The predicted octanol–water partition coefficient (Wildman–Crippen LogP) is 10.0. The third-order valence-electron chi connectivity index (χ3n) is 12.1. The van der Waals surface area contributed by atoms with E-state index < -0.39 is 5.92 Å². The van der Waals surface area contributed by atoms with Crippen LogP contribution in [0.1, 0.15) is 121 Å². The number of ketones is 2. The van der Waals surface area contributed by atoms with Gasteiger partial charge in [0.2, 0.25) is 0 Å². The number of Topliss-reactive ketones (excluding diaryl/α,β-unsaturated/α-hetero) is 2. The van der Waals surface area contributed by atoms with E-state index in [0.29, 0.717) is 31.3 Å². The molecule has 7 nitrogen and oxygen atoms in total. The molecule has 3 unspecified atom stereocenters. The topological polar surface area (TPSA) is 86.1 Å².